The van der Waals surface area contributed by atoms with Gasteiger partial charge in [0.05, 0.1) is 17.8 Å². The molecule has 0 spiro atoms. The molecular weight excluding hydrogens is 286 g/mol. The van der Waals surface area contributed by atoms with E-state index in [1.807, 2.05) is 0 Å². The van der Waals surface area contributed by atoms with Gasteiger partial charge in [0.15, 0.2) is 4.21 Å². The molecule has 0 amide bonds. The Bertz CT molecular complexity index is 515. The summed E-state index contributed by atoms with van der Waals surface area (Å²) in [6.45, 7) is 5.01. The Morgan fingerprint density at radius 1 is 1.37 bits per heavy atom. The van der Waals surface area contributed by atoms with Crippen molar-refractivity contribution in [3.05, 3.63) is 11.2 Å². The molecule has 0 unspecified atom stereocenters. The highest BCUT2D eigenvalue weighted by molar-refractivity contribution is 7.91. The zero-order valence-electron chi connectivity index (χ0n) is 10.9. The van der Waals surface area contributed by atoms with Crippen molar-refractivity contribution in [2.45, 2.75) is 17.6 Å². The van der Waals surface area contributed by atoms with Gasteiger partial charge in [0.25, 0.3) is 10.0 Å². The Balaban J connectivity index is 2.09. The Kier molecular flexibility index (Phi) is 4.91. The lowest BCUT2D eigenvalue weighted by Crippen LogP contribution is -2.35. The Hall–Kier alpha value is -0.540. The Morgan fingerprint density at radius 3 is 2.79 bits per heavy atom. The quantitative estimate of drug-likeness (QED) is 0.856. The summed E-state index contributed by atoms with van der Waals surface area (Å²) in [6.07, 6.45) is 2.22. The summed E-state index contributed by atoms with van der Waals surface area (Å²) >= 11 is 1.21. The van der Waals surface area contributed by atoms with Crippen LogP contribution in [0.1, 0.15) is 11.4 Å². The smallest absolute Gasteiger partial charge is 0.254 e. The van der Waals surface area contributed by atoms with Crippen LogP contribution >= 0.6 is 11.3 Å². The van der Waals surface area contributed by atoms with E-state index in [0.717, 1.165) is 18.0 Å². The fourth-order valence-corrected chi connectivity index (χ4v) is 4.87. The predicted molar refractivity (Wildman–Crippen MR) is 73.8 cm³/mol. The average molecular weight is 305 g/mol. The molecule has 0 aliphatic carbocycles. The number of nitrogens with zero attached hydrogens (tertiary/aromatic N) is 3. The monoisotopic (exact) mass is 305 g/mol. The van der Waals surface area contributed by atoms with E-state index in [1.54, 1.807) is 6.92 Å². The number of hydrogen-bond donors (Lipinski definition) is 1. The van der Waals surface area contributed by atoms with E-state index in [1.165, 1.54) is 21.8 Å². The van der Waals surface area contributed by atoms with Gasteiger partial charge >= 0.3 is 0 Å². The van der Waals surface area contributed by atoms with Crippen LogP contribution in [0.25, 0.3) is 0 Å². The van der Waals surface area contributed by atoms with Crippen LogP contribution in [0, 0.1) is 6.92 Å². The van der Waals surface area contributed by atoms with Gasteiger partial charge in [0.1, 0.15) is 0 Å². The summed E-state index contributed by atoms with van der Waals surface area (Å²) in [7, 11) is -3.40. The first-order valence-electron chi connectivity index (χ1n) is 6.30. The number of hydrogen-bond acceptors (Lipinski definition) is 6. The van der Waals surface area contributed by atoms with Gasteiger partial charge in [-0.25, -0.2) is 13.4 Å². The number of thiazole rings is 1. The van der Waals surface area contributed by atoms with Gasteiger partial charge in [-0.2, -0.15) is 4.31 Å². The van der Waals surface area contributed by atoms with Crippen LogP contribution in [-0.2, 0) is 10.0 Å². The van der Waals surface area contributed by atoms with Crippen molar-refractivity contribution in [1.82, 2.24) is 14.2 Å². The van der Waals surface area contributed by atoms with Gasteiger partial charge in [-0.3, -0.25) is 4.90 Å². The van der Waals surface area contributed by atoms with Gasteiger partial charge in [-0.1, -0.05) is 0 Å². The van der Waals surface area contributed by atoms with Crippen molar-refractivity contribution in [3.63, 3.8) is 0 Å². The van der Waals surface area contributed by atoms with Crippen molar-refractivity contribution < 1.29 is 13.5 Å². The molecule has 1 saturated heterocycles. The van der Waals surface area contributed by atoms with Crippen molar-refractivity contribution in [1.29, 1.82) is 0 Å². The molecule has 0 aromatic carbocycles. The molecule has 0 bridgehead atoms. The van der Waals surface area contributed by atoms with Crippen molar-refractivity contribution in [2.75, 3.05) is 39.3 Å². The standard InChI is InChI=1S/C11H19N3O3S2/c1-10-12-9-11(18-10)19(16,17)14-4-2-3-13(5-6-14)7-8-15/h9,15H,2-8H2,1H3. The Morgan fingerprint density at radius 2 is 2.16 bits per heavy atom. The molecule has 0 saturated carbocycles. The number of aliphatic hydroxyl groups excluding tert-OH is 1. The van der Waals surface area contributed by atoms with Crippen LogP contribution in [0.15, 0.2) is 10.4 Å². The number of aromatic nitrogens is 1. The minimum atomic E-state index is -3.40. The number of β-amino-alcohol motifs (C(OH)–C–C–N with tert-alkyl or cyclic N) is 1. The van der Waals surface area contributed by atoms with E-state index >= 15 is 0 Å². The zero-order chi connectivity index (χ0) is 13.9. The number of sulfonamides is 1. The average Bonchev–Trinajstić information content (AvgIpc) is 2.66. The largest absolute Gasteiger partial charge is 0.395 e. The predicted octanol–water partition coefficient (Wildman–Crippen LogP) is 0.140. The summed E-state index contributed by atoms with van der Waals surface area (Å²) in [6, 6.07) is 0. The molecular formula is C11H19N3O3S2. The second-order valence-corrected chi connectivity index (χ2v) is 7.92. The highest BCUT2D eigenvalue weighted by Gasteiger charge is 2.28. The molecule has 19 heavy (non-hydrogen) atoms. The molecule has 108 valence electrons. The molecule has 6 nitrogen and oxygen atoms in total. The Labute approximate surface area is 117 Å². The first-order chi connectivity index (χ1) is 9.04. The van der Waals surface area contributed by atoms with E-state index in [-0.39, 0.29) is 6.61 Å². The lowest BCUT2D eigenvalue weighted by molar-refractivity contribution is 0.202. The topological polar surface area (TPSA) is 73.7 Å². The third-order valence-electron chi connectivity index (χ3n) is 3.16. The summed E-state index contributed by atoms with van der Waals surface area (Å²) in [5, 5.41) is 9.70. The maximum atomic E-state index is 12.4. The van der Waals surface area contributed by atoms with Crippen LogP contribution < -0.4 is 0 Å². The molecule has 1 fully saturated rings. The first kappa shape index (κ1) is 14.9. The van der Waals surface area contributed by atoms with E-state index in [4.69, 9.17) is 5.11 Å². The van der Waals surface area contributed by atoms with Gasteiger partial charge < -0.3 is 5.11 Å². The molecule has 1 aliphatic rings. The summed E-state index contributed by atoms with van der Waals surface area (Å²) in [5.41, 5.74) is 0. The molecule has 8 heteroatoms. The lowest BCUT2D eigenvalue weighted by atomic mass is 10.4. The van der Waals surface area contributed by atoms with Gasteiger partial charge in [-0.05, 0) is 19.9 Å². The van der Waals surface area contributed by atoms with Gasteiger partial charge in [0, 0.05) is 26.2 Å². The van der Waals surface area contributed by atoms with E-state index in [9.17, 15) is 8.42 Å². The highest BCUT2D eigenvalue weighted by atomic mass is 32.2. The van der Waals surface area contributed by atoms with Crippen LogP contribution in [-0.4, -0.2) is 67.0 Å². The number of rotatable bonds is 4. The van der Waals surface area contributed by atoms with Crippen molar-refractivity contribution >= 4 is 21.4 Å². The molecule has 1 aliphatic heterocycles. The molecule has 2 rings (SSSR count). The molecule has 1 aromatic rings. The van der Waals surface area contributed by atoms with Gasteiger partial charge in [0.2, 0.25) is 0 Å². The minimum absolute atomic E-state index is 0.112. The lowest BCUT2D eigenvalue weighted by Gasteiger charge is -2.20. The first-order valence-corrected chi connectivity index (χ1v) is 8.55. The van der Waals surface area contributed by atoms with Crippen molar-refractivity contribution in [2.24, 2.45) is 0 Å². The molecule has 2 heterocycles. The summed E-state index contributed by atoms with van der Waals surface area (Å²) in [5.74, 6) is 0. The fraction of sp³-hybridized carbons (Fsp3) is 0.727. The summed E-state index contributed by atoms with van der Waals surface area (Å²) < 4.78 is 26.7. The summed E-state index contributed by atoms with van der Waals surface area (Å²) in [4.78, 5) is 6.11. The number of aliphatic hydroxyl groups is 1. The van der Waals surface area contributed by atoms with E-state index in [2.05, 4.69) is 9.88 Å². The third kappa shape index (κ3) is 3.51. The molecule has 1 aromatic heterocycles. The third-order valence-corrected chi connectivity index (χ3v) is 6.41. The molecule has 0 atom stereocenters. The van der Waals surface area contributed by atoms with E-state index < -0.39 is 10.0 Å². The minimum Gasteiger partial charge on any atom is -0.395 e. The molecule has 1 N–H and O–H groups in total. The van der Waals surface area contributed by atoms with Crippen LogP contribution in [0.4, 0.5) is 0 Å². The normalized spacial score (nSPS) is 19.5. The second-order valence-electron chi connectivity index (χ2n) is 4.52. The van der Waals surface area contributed by atoms with Gasteiger partial charge in [-0.15, -0.1) is 11.3 Å². The maximum absolute atomic E-state index is 12.4. The second kappa shape index (κ2) is 6.27. The highest BCUT2D eigenvalue weighted by Crippen LogP contribution is 2.23. The van der Waals surface area contributed by atoms with E-state index in [0.29, 0.717) is 30.4 Å². The molecule has 0 radical (unpaired) electrons. The van der Waals surface area contributed by atoms with Crippen LogP contribution in [0.5, 0.6) is 0 Å². The fourth-order valence-electron chi connectivity index (χ4n) is 2.14. The zero-order valence-corrected chi connectivity index (χ0v) is 12.6. The van der Waals surface area contributed by atoms with Crippen LogP contribution in [0.3, 0.4) is 0 Å². The van der Waals surface area contributed by atoms with Crippen molar-refractivity contribution in [3.8, 4) is 0 Å². The van der Waals surface area contributed by atoms with Crippen LogP contribution in [0.2, 0.25) is 0 Å². The SMILES string of the molecule is Cc1ncc(S(=O)(=O)N2CCCN(CCO)CC2)s1. The maximum Gasteiger partial charge on any atom is 0.254 e. The number of aryl methyl sites for hydroxylation is 1.